The minimum Gasteiger partial charge on any atom is -0.323 e. The molecule has 1 aromatic carbocycles. The molecule has 0 spiro atoms. The van der Waals surface area contributed by atoms with Crippen LogP contribution in [0.15, 0.2) is 41.6 Å². The molecule has 0 unspecified atom stereocenters. The van der Waals surface area contributed by atoms with Crippen molar-refractivity contribution >= 4 is 6.21 Å². The Morgan fingerprint density at radius 2 is 1.94 bits per heavy atom. The van der Waals surface area contributed by atoms with Crippen molar-refractivity contribution in [3.05, 3.63) is 47.8 Å². The number of benzene rings is 1. The van der Waals surface area contributed by atoms with Crippen LogP contribution in [-0.4, -0.2) is 16.2 Å². The standard InChI is InChI=1S/C12H12N4/c1-9-6-7-14-12(16-9)11-4-2-10(3-5-11)8-15-13/h2-8H,13H2,1H3. The van der Waals surface area contributed by atoms with E-state index in [1.807, 2.05) is 37.3 Å². The van der Waals surface area contributed by atoms with Crippen LogP contribution in [0.25, 0.3) is 11.4 Å². The van der Waals surface area contributed by atoms with Gasteiger partial charge in [-0.15, -0.1) is 0 Å². The van der Waals surface area contributed by atoms with E-state index in [2.05, 4.69) is 15.1 Å². The van der Waals surface area contributed by atoms with E-state index in [1.165, 1.54) is 0 Å². The molecule has 1 heterocycles. The SMILES string of the molecule is Cc1ccnc(-c2ccc(C=NN)cc2)n1. The summed E-state index contributed by atoms with van der Waals surface area (Å²) in [6, 6.07) is 9.63. The molecule has 0 fully saturated rings. The molecule has 4 heteroatoms. The van der Waals surface area contributed by atoms with E-state index in [0.29, 0.717) is 0 Å². The Morgan fingerprint density at radius 1 is 1.19 bits per heavy atom. The zero-order valence-electron chi connectivity index (χ0n) is 8.96. The predicted octanol–water partition coefficient (Wildman–Crippen LogP) is 1.74. The molecule has 0 aliphatic carbocycles. The second-order valence-corrected chi connectivity index (χ2v) is 3.42. The maximum absolute atomic E-state index is 5.07. The summed E-state index contributed by atoms with van der Waals surface area (Å²) >= 11 is 0. The van der Waals surface area contributed by atoms with Crippen molar-refractivity contribution in [2.75, 3.05) is 0 Å². The van der Waals surface area contributed by atoms with Gasteiger partial charge in [0.15, 0.2) is 5.82 Å². The number of aromatic nitrogens is 2. The highest BCUT2D eigenvalue weighted by Crippen LogP contribution is 2.14. The molecule has 0 amide bonds. The van der Waals surface area contributed by atoms with Gasteiger partial charge in [-0.05, 0) is 18.6 Å². The third kappa shape index (κ3) is 2.23. The van der Waals surface area contributed by atoms with Crippen molar-refractivity contribution in [2.45, 2.75) is 6.92 Å². The van der Waals surface area contributed by atoms with Gasteiger partial charge in [-0.1, -0.05) is 24.3 Å². The van der Waals surface area contributed by atoms with Crippen molar-refractivity contribution < 1.29 is 0 Å². The van der Waals surface area contributed by atoms with Crippen molar-refractivity contribution in [3.8, 4) is 11.4 Å². The van der Waals surface area contributed by atoms with E-state index in [-0.39, 0.29) is 0 Å². The molecule has 0 aliphatic rings. The van der Waals surface area contributed by atoms with Gasteiger partial charge in [-0.3, -0.25) is 0 Å². The van der Waals surface area contributed by atoms with Gasteiger partial charge in [-0.25, -0.2) is 9.97 Å². The van der Waals surface area contributed by atoms with Crippen LogP contribution in [0.1, 0.15) is 11.3 Å². The molecule has 2 rings (SSSR count). The molecular formula is C12H12N4. The fraction of sp³-hybridized carbons (Fsp3) is 0.0833. The normalized spacial score (nSPS) is 10.8. The lowest BCUT2D eigenvalue weighted by Crippen LogP contribution is -1.91. The van der Waals surface area contributed by atoms with Crippen molar-refractivity contribution in [1.29, 1.82) is 0 Å². The van der Waals surface area contributed by atoms with Gasteiger partial charge in [-0.2, -0.15) is 5.10 Å². The minimum absolute atomic E-state index is 0.733. The molecule has 2 aromatic rings. The second-order valence-electron chi connectivity index (χ2n) is 3.42. The predicted molar refractivity (Wildman–Crippen MR) is 64.0 cm³/mol. The van der Waals surface area contributed by atoms with E-state index in [0.717, 1.165) is 22.6 Å². The Hall–Kier alpha value is -2.23. The molecule has 4 nitrogen and oxygen atoms in total. The number of rotatable bonds is 2. The first kappa shape index (κ1) is 10.3. The third-order valence-electron chi connectivity index (χ3n) is 2.19. The quantitative estimate of drug-likeness (QED) is 0.468. The number of nitrogens with two attached hydrogens (primary N) is 1. The fourth-order valence-corrected chi connectivity index (χ4v) is 1.39. The van der Waals surface area contributed by atoms with Crippen LogP contribution in [0.4, 0.5) is 0 Å². The average Bonchev–Trinajstić information content (AvgIpc) is 2.30. The minimum atomic E-state index is 0.733. The summed E-state index contributed by atoms with van der Waals surface area (Å²) in [4.78, 5) is 8.57. The number of hydrogen-bond acceptors (Lipinski definition) is 4. The number of aryl methyl sites for hydroxylation is 1. The molecule has 0 saturated carbocycles. The Balaban J connectivity index is 2.34. The lowest BCUT2D eigenvalue weighted by Gasteiger charge is -2.01. The highest BCUT2D eigenvalue weighted by Gasteiger charge is 2.00. The summed E-state index contributed by atoms with van der Waals surface area (Å²) in [6.07, 6.45) is 3.35. The van der Waals surface area contributed by atoms with E-state index in [9.17, 15) is 0 Å². The van der Waals surface area contributed by atoms with E-state index in [1.54, 1.807) is 12.4 Å². The van der Waals surface area contributed by atoms with Crippen molar-refractivity contribution in [2.24, 2.45) is 10.9 Å². The van der Waals surface area contributed by atoms with E-state index >= 15 is 0 Å². The first-order valence-electron chi connectivity index (χ1n) is 4.93. The summed E-state index contributed by atoms with van der Waals surface area (Å²) in [5.41, 5.74) is 2.90. The highest BCUT2D eigenvalue weighted by molar-refractivity contribution is 5.80. The maximum atomic E-state index is 5.07. The van der Waals surface area contributed by atoms with Crippen LogP contribution >= 0.6 is 0 Å². The third-order valence-corrected chi connectivity index (χ3v) is 2.19. The Labute approximate surface area is 93.9 Å². The summed E-state index contributed by atoms with van der Waals surface area (Å²) in [7, 11) is 0. The van der Waals surface area contributed by atoms with Gasteiger partial charge in [0.2, 0.25) is 0 Å². The smallest absolute Gasteiger partial charge is 0.159 e. The molecule has 80 valence electrons. The van der Waals surface area contributed by atoms with Gasteiger partial charge >= 0.3 is 0 Å². The molecule has 0 atom stereocenters. The fourth-order valence-electron chi connectivity index (χ4n) is 1.39. The largest absolute Gasteiger partial charge is 0.323 e. The molecule has 0 radical (unpaired) electrons. The van der Waals surface area contributed by atoms with Crippen LogP contribution in [0.2, 0.25) is 0 Å². The lowest BCUT2D eigenvalue weighted by atomic mass is 10.1. The van der Waals surface area contributed by atoms with Crippen LogP contribution in [0.3, 0.4) is 0 Å². The molecule has 16 heavy (non-hydrogen) atoms. The van der Waals surface area contributed by atoms with Crippen molar-refractivity contribution in [3.63, 3.8) is 0 Å². The maximum Gasteiger partial charge on any atom is 0.159 e. The van der Waals surface area contributed by atoms with Gasteiger partial charge in [0.1, 0.15) is 0 Å². The Morgan fingerprint density at radius 3 is 2.56 bits per heavy atom. The van der Waals surface area contributed by atoms with Crippen molar-refractivity contribution in [1.82, 2.24) is 9.97 Å². The molecule has 2 N–H and O–H groups in total. The lowest BCUT2D eigenvalue weighted by molar-refractivity contribution is 1.11. The zero-order valence-corrected chi connectivity index (χ0v) is 8.96. The average molecular weight is 212 g/mol. The molecule has 0 bridgehead atoms. The van der Waals surface area contributed by atoms with Crippen LogP contribution < -0.4 is 5.84 Å². The number of nitrogens with zero attached hydrogens (tertiary/aromatic N) is 3. The second kappa shape index (κ2) is 4.53. The van der Waals surface area contributed by atoms with Gasteiger partial charge in [0.05, 0.1) is 6.21 Å². The summed E-state index contributed by atoms with van der Waals surface area (Å²) in [5.74, 6) is 5.81. The van der Waals surface area contributed by atoms with E-state index in [4.69, 9.17) is 5.84 Å². The summed E-state index contributed by atoms with van der Waals surface area (Å²) in [5, 5.41) is 3.47. The Kier molecular flexibility index (Phi) is 2.91. The van der Waals surface area contributed by atoms with E-state index < -0.39 is 0 Å². The monoisotopic (exact) mass is 212 g/mol. The Bertz CT molecular complexity index is 503. The topological polar surface area (TPSA) is 64.2 Å². The van der Waals surface area contributed by atoms with Crippen LogP contribution in [0.5, 0.6) is 0 Å². The first-order valence-corrected chi connectivity index (χ1v) is 4.93. The molecule has 0 aliphatic heterocycles. The number of hydrogen-bond donors (Lipinski definition) is 1. The van der Waals surface area contributed by atoms with Gasteiger partial charge in [0.25, 0.3) is 0 Å². The summed E-state index contributed by atoms with van der Waals surface area (Å²) in [6.45, 7) is 1.95. The van der Waals surface area contributed by atoms with Gasteiger partial charge in [0, 0.05) is 17.5 Å². The first-order chi connectivity index (χ1) is 7.79. The highest BCUT2D eigenvalue weighted by atomic mass is 15.1. The van der Waals surface area contributed by atoms with Gasteiger partial charge < -0.3 is 5.84 Å². The zero-order chi connectivity index (χ0) is 11.4. The molecule has 0 saturated heterocycles. The van der Waals surface area contributed by atoms with Crippen LogP contribution in [0, 0.1) is 6.92 Å². The molecule has 1 aromatic heterocycles. The molecular weight excluding hydrogens is 200 g/mol. The number of hydrazone groups is 1. The van der Waals surface area contributed by atoms with Crippen LogP contribution in [-0.2, 0) is 0 Å². The summed E-state index contributed by atoms with van der Waals surface area (Å²) < 4.78 is 0.